The highest BCUT2D eigenvalue weighted by molar-refractivity contribution is 7.92. The predicted molar refractivity (Wildman–Crippen MR) is 76.9 cm³/mol. The molecule has 1 aromatic carbocycles. The number of carbonyl (C=O) groups excluding carboxylic acids is 1. The maximum atomic E-state index is 12.2. The van der Waals surface area contributed by atoms with Crippen LogP contribution in [0.3, 0.4) is 0 Å². The highest BCUT2D eigenvalue weighted by Gasteiger charge is 2.14. The van der Waals surface area contributed by atoms with Crippen molar-refractivity contribution < 1.29 is 13.2 Å². The van der Waals surface area contributed by atoms with Gasteiger partial charge in [-0.1, -0.05) is 6.07 Å². The largest absolute Gasteiger partial charge is 0.339 e. The van der Waals surface area contributed by atoms with Gasteiger partial charge in [-0.05, 0) is 38.5 Å². The minimum atomic E-state index is -3.35. The van der Waals surface area contributed by atoms with Crippen LogP contribution in [0.4, 0.5) is 5.69 Å². The van der Waals surface area contributed by atoms with Crippen LogP contribution >= 0.6 is 0 Å². The van der Waals surface area contributed by atoms with Crippen molar-refractivity contribution in [1.29, 1.82) is 0 Å². The first-order valence-electron chi connectivity index (χ1n) is 6.16. The zero-order valence-electron chi connectivity index (χ0n) is 11.7. The maximum Gasteiger partial charge on any atom is 0.253 e. The third-order valence-corrected chi connectivity index (χ3v) is 3.42. The molecular weight excluding hydrogens is 264 g/mol. The molecule has 1 amide bonds. The average molecular weight is 284 g/mol. The third-order valence-electron chi connectivity index (χ3n) is 2.83. The van der Waals surface area contributed by atoms with Crippen molar-refractivity contribution in [3.63, 3.8) is 0 Å². The van der Waals surface area contributed by atoms with Gasteiger partial charge >= 0.3 is 0 Å². The smallest absolute Gasteiger partial charge is 0.253 e. The number of nitrogens with one attached hydrogen (secondary N) is 1. The summed E-state index contributed by atoms with van der Waals surface area (Å²) in [6, 6.07) is 5.03. The molecule has 5 nitrogen and oxygen atoms in total. The van der Waals surface area contributed by atoms with Crippen molar-refractivity contribution in [2.75, 3.05) is 24.1 Å². The first-order valence-corrected chi connectivity index (χ1v) is 8.05. The number of hydrogen-bond acceptors (Lipinski definition) is 3. The van der Waals surface area contributed by atoms with E-state index in [2.05, 4.69) is 4.72 Å². The molecular formula is C13H20N2O3S. The number of hydrogen-bond donors (Lipinski definition) is 1. The van der Waals surface area contributed by atoms with Crippen molar-refractivity contribution >= 4 is 21.6 Å². The number of amides is 1. The van der Waals surface area contributed by atoms with E-state index < -0.39 is 10.0 Å². The van der Waals surface area contributed by atoms with Crippen molar-refractivity contribution in [2.45, 2.75) is 20.8 Å². The Morgan fingerprint density at radius 3 is 2.32 bits per heavy atom. The van der Waals surface area contributed by atoms with Gasteiger partial charge in [0.25, 0.3) is 5.91 Å². The summed E-state index contributed by atoms with van der Waals surface area (Å²) in [6.45, 7) is 6.85. The zero-order valence-corrected chi connectivity index (χ0v) is 12.5. The van der Waals surface area contributed by atoms with Gasteiger partial charge in [-0.25, -0.2) is 8.42 Å². The molecule has 0 atom stereocenters. The summed E-state index contributed by atoms with van der Waals surface area (Å²) in [4.78, 5) is 13.9. The second kappa shape index (κ2) is 6.06. The van der Waals surface area contributed by atoms with Gasteiger partial charge in [-0.15, -0.1) is 0 Å². The number of nitrogens with zero attached hydrogens (tertiary/aromatic N) is 1. The molecule has 1 aromatic rings. The van der Waals surface area contributed by atoms with E-state index in [0.29, 0.717) is 24.3 Å². The molecule has 6 heteroatoms. The molecule has 19 heavy (non-hydrogen) atoms. The van der Waals surface area contributed by atoms with E-state index in [1.165, 1.54) is 0 Å². The molecule has 0 bridgehead atoms. The minimum absolute atomic E-state index is 0.0958. The number of sulfonamides is 1. The van der Waals surface area contributed by atoms with Crippen LogP contribution in [0.5, 0.6) is 0 Å². The molecule has 0 fully saturated rings. The molecule has 0 aromatic heterocycles. The Bertz CT molecular complexity index is 563. The molecule has 1 rings (SSSR count). The van der Waals surface area contributed by atoms with Gasteiger partial charge in [0, 0.05) is 18.7 Å². The van der Waals surface area contributed by atoms with E-state index in [1.54, 1.807) is 30.0 Å². The van der Waals surface area contributed by atoms with Crippen molar-refractivity contribution in [3.05, 3.63) is 29.3 Å². The lowest BCUT2D eigenvalue weighted by Crippen LogP contribution is -2.30. The van der Waals surface area contributed by atoms with Gasteiger partial charge in [0.05, 0.1) is 11.9 Å². The second-order valence-corrected chi connectivity index (χ2v) is 6.13. The monoisotopic (exact) mass is 284 g/mol. The lowest BCUT2D eigenvalue weighted by molar-refractivity contribution is 0.0773. The maximum absolute atomic E-state index is 12.2. The van der Waals surface area contributed by atoms with Gasteiger partial charge in [-0.2, -0.15) is 0 Å². The van der Waals surface area contributed by atoms with Crippen LogP contribution in [0.25, 0.3) is 0 Å². The van der Waals surface area contributed by atoms with Gasteiger partial charge in [0.15, 0.2) is 0 Å². The summed E-state index contributed by atoms with van der Waals surface area (Å²) in [7, 11) is -3.35. The lowest BCUT2D eigenvalue weighted by Gasteiger charge is -2.19. The minimum Gasteiger partial charge on any atom is -0.339 e. The predicted octanol–water partition coefficient (Wildman–Crippen LogP) is 1.85. The van der Waals surface area contributed by atoms with E-state index in [4.69, 9.17) is 0 Å². The van der Waals surface area contributed by atoms with Gasteiger partial charge in [0.1, 0.15) is 0 Å². The number of rotatable bonds is 5. The number of carbonyl (C=O) groups is 1. The fraction of sp³-hybridized carbons (Fsp3) is 0.462. The Labute approximate surface area is 114 Å². The summed E-state index contributed by atoms with van der Waals surface area (Å²) in [6.07, 6.45) is 1.09. The summed E-state index contributed by atoms with van der Waals surface area (Å²) in [5, 5.41) is 0. The zero-order chi connectivity index (χ0) is 14.6. The number of benzene rings is 1. The fourth-order valence-electron chi connectivity index (χ4n) is 1.76. The summed E-state index contributed by atoms with van der Waals surface area (Å²) < 4.78 is 25.0. The lowest BCUT2D eigenvalue weighted by atomic mass is 10.1. The van der Waals surface area contributed by atoms with Gasteiger partial charge in [0.2, 0.25) is 10.0 Å². The summed E-state index contributed by atoms with van der Waals surface area (Å²) in [5.74, 6) is -0.0958. The highest BCUT2D eigenvalue weighted by Crippen LogP contribution is 2.19. The summed E-state index contributed by atoms with van der Waals surface area (Å²) in [5.41, 5.74) is 1.71. The third kappa shape index (κ3) is 4.24. The molecule has 0 unspecified atom stereocenters. The van der Waals surface area contributed by atoms with E-state index in [0.717, 1.165) is 11.8 Å². The van der Waals surface area contributed by atoms with Gasteiger partial charge in [-0.3, -0.25) is 9.52 Å². The molecule has 0 heterocycles. The number of aryl methyl sites for hydroxylation is 1. The Morgan fingerprint density at radius 1 is 1.26 bits per heavy atom. The van der Waals surface area contributed by atoms with E-state index in [9.17, 15) is 13.2 Å². The Kier molecular flexibility index (Phi) is 4.94. The van der Waals surface area contributed by atoms with Crippen molar-refractivity contribution in [2.24, 2.45) is 0 Å². The molecule has 0 aliphatic rings. The fourth-order valence-corrected chi connectivity index (χ4v) is 2.38. The molecule has 0 aliphatic heterocycles. The van der Waals surface area contributed by atoms with Crippen LogP contribution < -0.4 is 4.72 Å². The second-order valence-electron chi connectivity index (χ2n) is 4.38. The quantitative estimate of drug-likeness (QED) is 0.897. The molecule has 0 saturated carbocycles. The average Bonchev–Trinajstić information content (AvgIpc) is 2.31. The summed E-state index contributed by atoms with van der Waals surface area (Å²) >= 11 is 0. The van der Waals surface area contributed by atoms with Crippen LogP contribution in [-0.2, 0) is 10.0 Å². The van der Waals surface area contributed by atoms with Crippen molar-refractivity contribution in [1.82, 2.24) is 4.90 Å². The SMILES string of the molecule is CCN(CC)C(=O)c1ccc(C)c(NS(C)(=O)=O)c1. The molecule has 1 N–H and O–H groups in total. The van der Waals surface area contributed by atoms with Crippen molar-refractivity contribution in [3.8, 4) is 0 Å². The molecule has 0 saturated heterocycles. The Morgan fingerprint density at radius 2 is 1.84 bits per heavy atom. The first-order chi connectivity index (χ1) is 8.78. The number of anilines is 1. The highest BCUT2D eigenvalue weighted by atomic mass is 32.2. The molecule has 0 aliphatic carbocycles. The molecule has 106 valence electrons. The van der Waals surface area contributed by atoms with E-state index in [-0.39, 0.29) is 5.91 Å². The van der Waals surface area contributed by atoms with Gasteiger partial charge < -0.3 is 4.90 Å². The molecule has 0 spiro atoms. The van der Waals surface area contributed by atoms with Crippen LogP contribution in [-0.4, -0.2) is 38.6 Å². The van der Waals surface area contributed by atoms with E-state index in [1.807, 2.05) is 13.8 Å². The van der Waals surface area contributed by atoms with Crippen LogP contribution in [0.1, 0.15) is 29.8 Å². The van der Waals surface area contributed by atoms with Crippen LogP contribution in [0, 0.1) is 6.92 Å². The van der Waals surface area contributed by atoms with Crippen LogP contribution in [0.2, 0.25) is 0 Å². The molecule has 0 radical (unpaired) electrons. The van der Waals surface area contributed by atoms with Crippen LogP contribution in [0.15, 0.2) is 18.2 Å². The standard InChI is InChI=1S/C13H20N2O3S/c1-5-15(6-2)13(16)11-8-7-10(3)12(9-11)14-19(4,17)18/h7-9,14H,5-6H2,1-4H3. The first kappa shape index (κ1) is 15.5. The Hall–Kier alpha value is -1.56. The topological polar surface area (TPSA) is 66.5 Å². The normalized spacial score (nSPS) is 11.2. The van der Waals surface area contributed by atoms with E-state index >= 15 is 0 Å². The Balaban J connectivity index is 3.12.